The number of benzene rings is 3. The number of carbonyl (C=O) groups excluding carboxylic acids is 3. The van der Waals surface area contributed by atoms with Crippen LogP contribution in [0.5, 0.6) is 0 Å². The van der Waals surface area contributed by atoms with Crippen LogP contribution in [-0.2, 0) is 19.8 Å². The van der Waals surface area contributed by atoms with E-state index in [0.717, 1.165) is 16.7 Å². The second kappa shape index (κ2) is 9.69. The van der Waals surface area contributed by atoms with E-state index in [1.165, 1.54) is 11.8 Å². The second-order valence-electron chi connectivity index (χ2n) is 10.6. The molecule has 3 aromatic carbocycles. The van der Waals surface area contributed by atoms with Crippen LogP contribution in [0.1, 0.15) is 61.6 Å². The normalized spacial score (nSPS) is 17.2. The minimum atomic E-state index is -0.819. The Balaban J connectivity index is 1.91. The molecule has 0 aliphatic carbocycles. The molecule has 3 aromatic rings. The third-order valence-corrected chi connectivity index (χ3v) is 6.65. The molecule has 1 fully saturated rings. The Labute approximate surface area is 217 Å². The van der Waals surface area contributed by atoms with Gasteiger partial charge in [0.25, 0.3) is 11.7 Å². The lowest BCUT2D eigenvalue weighted by atomic mass is 9.85. The number of rotatable bonds is 4. The zero-order valence-electron chi connectivity index (χ0n) is 22.0. The van der Waals surface area contributed by atoms with Crippen LogP contribution in [0, 0.1) is 13.8 Å². The van der Waals surface area contributed by atoms with Crippen LogP contribution in [0.4, 0.5) is 11.4 Å². The third-order valence-electron chi connectivity index (χ3n) is 6.65. The predicted molar refractivity (Wildman–Crippen MR) is 147 cm³/mol. The molecule has 0 radical (unpaired) electrons. The Morgan fingerprint density at radius 1 is 0.919 bits per heavy atom. The lowest BCUT2D eigenvalue weighted by molar-refractivity contribution is -0.132. The van der Waals surface area contributed by atoms with Crippen LogP contribution in [0.3, 0.4) is 0 Å². The van der Waals surface area contributed by atoms with Gasteiger partial charge >= 0.3 is 0 Å². The van der Waals surface area contributed by atoms with Gasteiger partial charge in [0.05, 0.1) is 11.6 Å². The molecule has 1 unspecified atom stereocenters. The summed E-state index contributed by atoms with van der Waals surface area (Å²) in [6, 6.07) is 19.4. The van der Waals surface area contributed by atoms with Gasteiger partial charge in [-0.3, -0.25) is 19.3 Å². The lowest BCUT2D eigenvalue weighted by Gasteiger charge is -2.27. The fraction of sp³-hybridized carbons (Fsp3) is 0.258. The SMILES string of the molecule is CC(=O)Nc1ccc(N2C(=O)C(=O)/C(=C(/O)c3cc(C)ccc3C)C2c2ccc(C(C)(C)C)cc2)cc1. The van der Waals surface area contributed by atoms with Crippen molar-refractivity contribution in [1.82, 2.24) is 0 Å². The summed E-state index contributed by atoms with van der Waals surface area (Å²) in [7, 11) is 0. The molecule has 0 saturated carbocycles. The molecule has 2 N–H and O–H groups in total. The van der Waals surface area contributed by atoms with E-state index in [1.54, 1.807) is 24.3 Å². The molecule has 1 atom stereocenters. The van der Waals surface area contributed by atoms with Gasteiger partial charge in [0.15, 0.2) is 0 Å². The first kappa shape index (κ1) is 25.9. The van der Waals surface area contributed by atoms with Gasteiger partial charge in [0.2, 0.25) is 5.91 Å². The van der Waals surface area contributed by atoms with Crippen molar-refractivity contribution < 1.29 is 19.5 Å². The topological polar surface area (TPSA) is 86.7 Å². The number of hydrogen-bond donors (Lipinski definition) is 2. The first-order chi connectivity index (χ1) is 17.4. The maximum absolute atomic E-state index is 13.5. The minimum absolute atomic E-state index is 0.0492. The molecular weight excluding hydrogens is 464 g/mol. The molecule has 1 saturated heterocycles. The van der Waals surface area contributed by atoms with E-state index in [-0.39, 0.29) is 22.7 Å². The fourth-order valence-electron chi connectivity index (χ4n) is 4.62. The van der Waals surface area contributed by atoms with Crippen molar-refractivity contribution in [3.8, 4) is 0 Å². The smallest absolute Gasteiger partial charge is 0.300 e. The summed E-state index contributed by atoms with van der Waals surface area (Å²) in [4.78, 5) is 39.7. The summed E-state index contributed by atoms with van der Waals surface area (Å²) >= 11 is 0. The van der Waals surface area contributed by atoms with E-state index in [4.69, 9.17) is 0 Å². The Morgan fingerprint density at radius 2 is 1.54 bits per heavy atom. The molecule has 0 aromatic heterocycles. The van der Waals surface area contributed by atoms with Crippen molar-refractivity contribution in [3.63, 3.8) is 0 Å². The van der Waals surface area contributed by atoms with Crippen molar-refractivity contribution in [2.24, 2.45) is 0 Å². The van der Waals surface area contributed by atoms with Crippen molar-refractivity contribution in [3.05, 3.63) is 100 Å². The van der Waals surface area contributed by atoms with Gasteiger partial charge < -0.3 is 10.4 Å². The highest BCUT2D eigenvalue weighted by atomic mass is 16.3. The number of anilines is 2. The van der Waals surface area contributed by atoms with Gasteiger partial charge in [0.1, 0.15) is 5.76 Å². The quantitative estimate of drug-likeness (QED) is 0.256. The highest BCUT2D eigenvalue weighted by Gasteiger charge is 2.47. The molecule has 1 heterocycles. The Morgan fingerprint density at radius 3 is 2.11 bits per heavy atom. The molecular formula is C31H32N2O4. The molecule has 2 amide bonds. The van der Waals surface area contributed by atoms with Crippen LogP contribution in [-0.4, -0.2) is 22.7 Å². The van der Waals surface area contributed by atoms with Crippen molar-refractivity contribution >= 4 is 34.7 Å². The number of nitrogens with one attached hydrogen (secondary N) is 1. The summed E-state index contributed by atoms with van der Waals surface area (Å²) < 4.78 is 0. The summed E-state index contributed by atoms with van der Waals surface area (Å²) in [5.74, 6) is -1.86. The Bertz CT molecular complexity index is 1410. The summed E-state index contributed by atoms with van der Waals surface area (Å²) in [6.45, 7) is 11.5. The molecule has 0 bridgehead atoms. The number of carbonyl (C=O) groups is 3. The molecule has 1 aliphatic rings. The maximum Gasteiger partial charge on any atom is 0.300 e. The van der Waals surface area contributed by atoms with Crippen molar-refractivity contribution in [2.45, 2.75) is 53.0 Å². The van der Waals surface area contributed by atoms with E-state index in [2.05, 4.69) is 26.1 Å². The van der Waals surface area contributed by atoms with Crippen molar-refractivity contribution in [2.75, 3.05) is 10.2 Å². The lowest BCUT2D eigenvalue weighted by Crippen LogP contribution is -2.29. The van der Waals surface area contributed by atoms with Gasteiger partial charge in [-0.05, 0) is 66.3 Å². The van der Waals surface area contributed by atoms with Crippen LogP contribution in [0.15, 0.2) is 72.3 Å². The van der Waals surface area contributed by atoms with E-state index >= 15 is 0 Å². The fourth-order valence-corrected chi connectivity index (χ4v) is 4.62. The highest BCUT2D eigenvalue weighted by molar-refractivity contribution is 6.51. The maximum atomic E-state index is 13.5. The number of aliphatic hydroxyl groups excluding tert-OH is 1. The van der Waals surface area contributed by atoms with E-state index in [0.29, 0.717) is 22.5 Å². The van der Waals surface area contributed by atoms with Crippen LogP contribution >= 0.6 is 0 Å². The zero-order chi connectivity index (χ0) is 27.1. The van der Waals surface area contributed by atoms with Crippen molar-refractivity contribution in [1.29, 1.82) is 0 Å². The van der Waals surface area contributed by atoms with Gasteiger partial charge in [-0.2, -0.15) is 0 Å². The van der Waals surface area contributed by atoms with E-state index in [9.17, 15) is 19.5 Å². The monoisotopic (exact) mass is 496 g/mol. The molecule has 6 heteroatoms. The average molecular weight is 497 g/mol. The number of amides is 2. The van der Waals surface area contributed by atoms with Crippen LogP contribution in [0.2, 0.25) is 0 Å². The molecule has 1 aliphatic heterocycles. The highest BCUT2D eigenvalue weighted by Crippen LogP contribution is 2.43. The minimum Gasteiger partial charge on any atom is -0.507 e. The standard InChI is InChI=1S/C31H32N2O4/c1-18-7-8-19(2)25(17-18)28(35)26-27(21-9-11-22(12-10-21)31(4,5)6)33(30(37)29(26)36)24-15-13-23(14-16-24)32-20(3)34/h7-17,27,35H,1-6H3,(H,32,34)/b28-26+. The van der Waals surface area contributed by atoms with Gasteiger partial charge in [-0.25, -0.2) is 0 Å². The van der Waals surface area contributed by atoms with E-state index in [1.807, 2.05) is 56.3 Å². The molecule has 37 heavy (non-hydrogen) atoms. The third kappa shape index (κ3) is 5.05. The van der Waals surface area contributed by atoms with Gasteiger partial charge in [-0.15, -0.1) is 0 Å². The largest absolute Gasteiger partial charge is 0.507 e. The first-order valence-corrected chi connectivity index (χ1v) is 12.2. The number of Topliss-reactive ketones (excluding diaryl/α,β-unsaturated/α-hetero) is 1. The average Bonchev–Trinajstić information content (AvgIpc) is 3.10. The number of aliphatic hydroxyl groups is 1. The molecule has 190 valence electrons. The summed E-state index contributed by atoms with van der Waals surface area (Å²) in [5, 5.41) is 14.2. The number of nitrogens with zero attached hydrogens (tertiary/aromatic N) is 1. The predicted octanol–water partition coefficient (Wildman–Crippen LogP) is 6.19. The van der Waals surface area contributed by atoms with Gasteiger partial charge in [0, 0.05) is 23.9 Å². The van der Waals surface area contributed by atoms with Crippen LogP contribution in [0.25, 0.3) is 5.76 Å². The summed E-state index contributed by atoms with van der Waals surface area (Å²) in [5.41, 5.74) is 5.13. The molecule has 0 spiro atoms. The number of aryl methyl sites for hydroxylation is 2. The Kier molecular flexibility index (Phi) is 6.78. The number of ketones is 1. The summed E-state index contributed by atoms with van der Waals surface area (Å²) in [6.07, 6.45) is 0. The van der Waals surface area contributed by atoms with E-state index < -0.39 is 17.7 Å². The molecule has 4 rings (SSSR count). The number of hydrogen-bond acceptors (Lipinski definition) is 4. The van der Waals surface area contributed by atoms with Crippen LogP contribution < -0.4 is 10.2 Å². The van der Waals surface area contributed by atoms with Gasteiger partial charge in [-0.1, -0.05) is 62.7 Å². The second-order valence-corrected chi connectivity index (χ2v) is 10.6. The Hall–Kier alpha value is -4.19. The zero-order valence-corrected chi connectivity index (χ0v) is 22.0. The molecule has 6 nitrogen and oxygen atoms in total. The first-order valence-electron chi connectivity index (χ1n) is 12.2.